The molecule has 9 heteroatoms. The molecule has 5 rings (SSSR count). The molecule has 0 radical (unpaired) electrons. The molecular weight excluding hydrogens is 433 g/mol. The van der Waals surface area contributed by atoms with Crippen molar-refractivity contribution in [2.24, 2.45) is 5.73 Å². The molecule has 3 heterocycles. The molecule has 0 spiro atoms. The van der Waals surface area contributed by atoms with Crippen molar-refractivity contribution in [2.45, 2.75) is 19.0 Å². The van der Waals surface area contributed by atoms with Crippen molar-refractivity contribution >= 4 is 23.1 Å². The van der Waals surface area contributed by atoms with Gasteiger partial charge in [-0.25, -0.2) is 13.9 Å². The summed E-state index contributed by atoms with van der Waals surface area (Å²) in [7, 11) is 1.88. The highest BCUT2D eigenvalue weighted by molar-refractivity contribution is 5.97. The zero-order valence-corrected chi connectivity index (χ0v) is 18.5. The molecule has 2 aromatic heterocycles. The Bertz CT molecular complexity index is 1440. The van der Waals surface area contributed by atoms with E-state index >= 15 is 0 Å². The van der Waals surface area contributed by atoms with Gasteiger partial charge >= 0.3 is 0 Å². The largest absolute Gasteiger partial charge is 0.354 e. The van der Waals surface area contributed by atoms with Crippen molar-refractivity contribution in [3.63, 3.8) is 0 Å². The Morgan fingerprint density at radius 2 is 2.09 bits per heavy atom. The molecule has 1 saturated heterocycles. The van der Waals surface area contributed by atoms with E-state index in [-0.39, 0.29) is 24.2 Å². The molecule has 1 fully saturated rings. The molecule has 0 unspecified atom stereocenters. The number of anilines is 2. The lowest BCUT2D eigenvalue weighted by Gasteiger charge is -2.19. The van der Waals surface area contributed by atoms with E-state index in [2.05, 4.69) is 11.1 Å². The first-order valence-corrected chi connectivity index (χ1v) is 10.8. The van der Waals surface area contributed by atoms with Gasteiger partial charge in [-0.05, 0) is 42.0 Å². The van der Waals surface area contributed by atoms with Crippen LogP contribution >= 0.6 is 0 Å². The molecule has 1 aliphatic heterocycles. The van der Waals surface area contributed by atoms with E-state index in [9.17, 15) is 14.4 Å². The van der Waals surface area contributed by atoms with Gasteiger partial charge in [-0.15, -0.1) is 5.10 Å². The zero-order chi connectivity index (χ0) is 23.8. The number of aromatic nitrogens is 3. The van der Waals surface area contributed by atoms with Crippen molar-refractivity contribution in [1.82, 2.24) is 14.6 Å². The van der Waals surface area contributed by atoms with Gasteiger partial charge in [0.2, 0.25) is 5.91 Å². The number of amides is 1. The number of benzene rings is 2. The fraction of sp³-hybridized carbons (Fsp3) is 0.200. The van der Waals surface area contributed by atoms with Crippen LogP contribution in [-0.2, 0) is 11.3 Å². The summed E-state index contributed by atoms with van der Waals surface area (Å²) >= 11 is 0. The Balaban J connectivity index is 1.48. The molecule has 0 saturated carbocycles. The van der Waals surface area contributed by atoms with Crippen molar-refractivity contribution in [1.29, 1.82) is 5.26 Å². The third-order valence-corrected chi connectivity index (χ3v) is 5.91. The molecule has 0 aliphatic carbocycles. The Labute approximate surface area is 195 Å². The first-order valence-electron chi connectivity index (χ1n) is 10.8. The van der Waals surface area contributed by atoms with E-state index in [1.807, 2.05) is 36.2 Å². The number of carbonyl (C=O) groups is 1. The number of nitrogens with zero attached hydrogens (tertiary/aromatic N) is 6. The first kappa shape index (κ1) is 21.6. The second-order valence-corrected chi connectivity index (χ2v) is 8.40. The van der Waals surface area contributed by atoms with Crippen LogP contribution in [0.2, 0.25) is 0 Å². The molecular formula is C25H22FN7O. The molecule has 1 atom stereocenters. The van der Waals surface area contributed by atoms with Gasteiger partial charge in [-0.2, -0.15) is 5.26 Å². The highest BCUT2D eigenvalue weighted by atomic mass is 19.1. The summed E-state index contributed by atoms with van der Waals surface area (Å²) in [4.78, 5) is 20.2. The van der Waals surface area contributed by atoms with Gasteiger partial charge in [-0.3, -0.25) is 4.79 Å². The highest BCUT2D eigenvalue weighted by Gasteiger charge is 2.29. The van der Waals surface area contributed by atoms with E-state index in [4.69, 9.17) is 10.8 Å². The molecule has 4 aromatic rings. The monoisotopic (exact) mass is 455 g/mol. The van der Waals surface area contributed by atoms with Gasteiger partial charge in [0.05, 0.1) is 23.1 Å². The Morgan fingerprint density at radius 3 is 2.82 bits per heavy atom. The lowest BCUT2D eigenvalue weighted by Crippen LogP contribution is -2.28. The molecule has 8 nitrogen and oxygen atoms in total. The molecule has 1 amide bonds. The van der Waals surface area contributed by atoms with Crippen LogP contribution in [0.1, 0.15) is 17.5 Å². The number of fused-ring (bicyclic) bond motifs is 1. The molecule has 34 heavy (non-hydrogen) atoms. The normalized spacial score (nSPS) is 15.6. The molecule has 2 aromatic carbocycles. The van der Waals surface area contributed by atoms with Crippen molar-refractivity contribution in [2.75, 3.05) is 23.4 Å². The van der Waals surface area contributed by atoms with Crippen LogP contribution in [-0.4, -0.2) is 40.1 Å². The minimum absolute atomic E-state index is 0.0841. The van der Waals surface area contributed by atoms with Crippen LogP contribution in [0.15, 0.2) is 60.8 Å². The second-order valence-electron chi connectivity index (χ2n) is 8.40. The minimum atomic E-state index is -0.277. The van der Waals surface area contributed by atoms with E-state index in [1.165, 1.54) is 12.1 Å². The molecule has 1 aliphatic rings. The average molecular weight is 455 g/mol. The summed E-state index contributed by atoms with van der Waals surface area (Å²) < 4.78 is 15.3. The van der Waals surface area contributed by atoms with Crippen LogP contribution in [0.4, 0.5) is 15.9 Å². The van der Waals surface area contributed by atoms with Crippen molar-refractivity contribution in [3.05, 3.63) is 77.7 Å². The number of rotatable bonds is 5. The number of imidazole rings is 1. The number of hydrogen-bond acceptors (Lipinski definition) is 6. The zero-order valence-electron chi connectivity index (χ0n) is 18.5. The fourth-order valence-electron chi connectivity index (χ4n) is 4.24. The van der Waals surface area contributed by atoms with Crippen LogP contribution in [0, 0.1) is 17.1 Å². The molecule has 170 valence electrons. The fourth-order valence-corrected chi connectivity index (χ4v) is 4.24. The van der Waals surface area contributed by atoms with E-state index < -0.39 is 0 Å². The third-order valence-electron chi connectivity index (χ3n) is 5.91. The van der Waals surface area contributed by atoms with Gasteiger partial charge in [0, 0.05) is 38.2 Å². The number of halogens is 1. The predicted octanol–water partition coefficient (Wildman–Crippen LogP) is 3.11. The van der Waals surface area contributed by atoms with Crippen LogP contribution in [0.3, 0.4) is 0 Å². The summed E-state index contributed by atoms with van der Waals surface area (Å²) in [5.74, 6) is 0.324. The summed E-state index contributed by atoms with van der Waals surface area (Å²) in [5.41, 5.74) is 9.81. The maximum Gasteiger partial charge on any atom is 0.228 e. The second kappa shape index (κ2) is 8.57. The molecule has 0 bridgehead atoms. The minimum Gasteiger partial charge on any atom is -0.354 e. The lowest BCUT2D eigenvalue weighted by molar-refractivity contribution is -0.117. The number of hydrogen-bond donors (Lipinski definition) is 1. The standard InChI is InChI=1S/C25H22FN7O/c1-31(14-16-3-2-4-19(26)9-16)24-8-7-23-29-13-22(33(23)30-24)17-5-6-21(18(10-17)12-27)32-15-20(28)11-25(32)34/h2-10,13,20H,11,14-15,28H2,1H3/t20-/m0/s1. The molecule has 2 N–H and O–H groups in total. The summed E-state index contributed by atoms with van der Waals surface area (Å²) in [6.45, 7) is 0.880. The van der Waals surface area contributed by atoms with E-state index in [0.29, 0.717) is 41.5 Å². The Morgan fingerprint density at radius 1 is 1.24 bits per heavy atom. The van der Waals surface area contributed by atoms with E-state index in [1.54, 1.807) is 33.8 Å². The van der Waals surface area contributed by atoms with E-state index in [0.717, 1.165) is 11.1 Å². The van der Waals surface area contributed by atoms with Crippen LogP contribution in [0.5, 0.6) is 0 Å². The predicted molar refractivity (Wildman–Crippen MR) is 127 cm³/mol. The third kappa shape index (κ3) is 3.95. The maximum absolute atomic E-state index is 13.6. The van der Waals surface area contributed by atoms with Gasteiger partial charge in [0.1, 0.15) is 17.7 Å². The summed E-state index contributed by atoms with van der Waals surface area (Å²) in [5, 5.41) is 14.5. The van der Waals surface area contributed by atoms with Gasteiger partial charge in [-0.1, -0.05) is 18.2 Å². The van der Waals surface area contributed by atoms with Crippen molar-refractivity contribution in [3.8, 4) is 17.3 Å². The first-order chi connectivity index (χ1) is 16.4. The topological polar surface area (TPSA) is 104 Å². The summed E-state index contributed by atoms with van der Waals surface area (Å²) in [6, 6.07) is 17.5. The SMILES string of the molecule is CN(Cc1cccc(F)c1)c1ccc2ncc(-c3ccc(N4C[C@@H](N)CC4=O)c(C#N)c3)n2n1. The maximum atomic E-state index is 13.6. The van der Waals surface area contributed by atoms with Crippen LogP contribution < -0.4 is 15.5 Å². The van der Waals surface area contributed by atoms with Gasteiger partial charge < -0.3 is 15.5 Å². The number of nitrogens with two attached hydrogens (primary N) is 1. The number of nitriles is 1. The number of carbonyl (C=O) groups excluding carboxylic acids is 1. The Kier molecular flexibility index (Phi) is 5.43. The average Bonchev–Trinajstić information content (AvgIpc) is 3.40. The van der Waals surface area contributed by atoms with Crippen molar-refractivity contribution < 1.29 is 9.18 Å². The highest BCUT2D eigenvalue weighted by Crippen LogP contribution is 2.30. The van der Waals surface area contributed by atoms with Crippen LogP contribution in [0.25, 0.3) is 16.9 Å². The van der Waals surface area contributed by atoms with Gasteiger partial charge in [0.15, 0.2) is 5.65 Å². The smallest absolute Gasteiger partial charge is 0.228 e. The quantitative estimate of drug-likeness (QED) is 0.496. The van der Waals surface area contributed by atoms with Gasteiger partial charge in [0.25, 0.3) is 0 Å². The lowest BCUT2D eigenvalue weighted by atomic mass is 10.1. The Hall–Kier alpha value is -4.29. The summed E-state index contributed by atoms with van der Waals surface area (Å²) in [6.07, 6.45) is 1.97.